The number of pyridine rings is 1. The maximum atomic E-state index is 11.3. The molecule has 1 N–H and O–H groups in total. The van der Waals surface area contributed by atoms with Crippen molar-refractivity contribution in [1.29, 1.82) is 0 Å². The largest absolute Gasteiger partial charge is 0.474 e. The summed E-state index contributed by atoms with van der Waals surface area (Å²) in [6, 6.07) is 5.44. The van der Waals surface area contributed by atoms with Crippen LogP contribution in [0.15, 0.2) is 18.2 Å². The van der Waals surface area contributed by atoms with Crippen molar-refractivity contribution in [1.82, 2.24) is 9.88 Å². The molecule has 1 heterocycles. The predicted molar refractivity (Wildman–Crippen MR) is 57.7 cm³/mol. The summed E-state index contributed by atoms with van der Waals surface area (Å²) in [5.74, 6) is -2.33. The number of rotatable bonds is 3. The number of likely N-dealkylation sites (N-methyl/N-ethyl adjacent to an activating group) is 1. The maximum Gasteiger partial charge on any atom is 0.394 e. The van der Waals surface area contributed by atoms with Crippen LogP contribution in [-0.2, 0) is 16.1 Å². The number of aliphatic carboxylic acids is 1. The zero-order chi connectivity index (χ0) is 12.1. The van der Waals surface area contributed by atoms with Crippen LogP contribution in [0.2, 0.25) is 0 Å². The first-order valence-electron chi connectivity index (χ1n) is 4.99. The third-order valence-electron chi connectivity index (χ3n) is 2.15. The molecule has 1 aromatic rings. The van der Waals surface area contributed by atoms with Gasteiger partial charge in [0.05, 0.1) is 12.2 Å². The highest BCUT2D eigenvalue weighted by Crippen LogP contribution is 2.03. The van der Waals surface area contributed by atoms with Crippen LogP contribution in [0, 0.1) is 6.92 Å². The first-order chi connectivity index (χ1) is 7.54. The van der Waals surface area contributed by atoms with E-state index in [1.165, 1.54) is 4.90 Å². The number of aromatic nitrogens is 1. The van der Waals surface area contributed by atoms with Gasteiger partial charge in [-0.15, -0.1) is 0 Å². The first kappa shape index (κ1) is 12.2. The molecule has 0 bridgehead atoms. The molecule has 5 heteroatoms. The lowest BCUT2D eigenvalue weighted by molar-refractivity contribution is -0.156. The molecule has 0 aliphatic rings. The van der Waals surface area contributed by atoms with E-state index in [9.17, 15) is 9.59 Å². The van der Waals surface area contributed by atoms with Crippen LogP contribution in [-0.4, -0.2) is 33.4 Å². The van der Waals surface area contributed by atoms with Gasteiger partial charge in [0.1, 0.15) is 0 Å². The summed E-state index contributed by atoms with van der Waals surface area (Å²) >= 11 is 0. The SMILES string of the molecule is CCN(Cc1cccc(C)n1)C(=O)C(=O)O. The van der Waals surface area contributed by atoms with Crippen LogP contribution in [0.3, 0.4) is 0 Å². The molecule has 0 aliphatic heterocycles. The van der Waals surface area contributed by atoms with E-state index in [0.29, 0.717) is 12.2 Å². The summed E-state index contributed by atoms with van der Waals surface area (Å²) in [5.41, 5.74) is 1.53. The number of hydrogen-bond acceptors (Lipinski definition) is 3. The molecule has 0 radical (unpaired) electrons. The summed E-state index contributed by atoms with van der Waals surface area (Å²) in [6.45, 7) is 4.15. The minimum atomic E-state index is -1.44. The maximum absolute atomic E-state index is 11.3. The number of carboxylic acids is 1. The molecule has 5 nitrogen and oxygen atoms in total. The Bertz CT molecular complexity index is 404. The van der Waals surface area contributed by atoms with Crippen LogP contribution >= 0.6 is 0 Å². The van der Waals surface area contributed by atoms with Gasteiger partial charge in [-0.05, 0) is 26.0 Å². The molecule has 0 atom stereocenters. The van der Waals surface area contributed by atoms with E-state index in [1.807, 2.05) is 19.1 Å². The molecular formula is C11H14N2O3. The molecule has 1 aromatic heterocycles. The van der Waals surface area contributed by atoms with Gasteiger partial charge >= 0.3 is 11.9 Å². The highest BCUT2D eigenvalue weighted by Gasteiger charge is 2.19. The Morgan fingerprint density at radius 1 is 1.44 bits per heavy atom. The van der Waals surface area contributed by atoms with E-state index in [0.717, 1.165) is 5.69 Å². The number of carbonyl (C=O) groups is 2. The summed E-state index contributed by atoms with van der Waals surface area (Å²) in [5, 5.41) is 8.60. The molecule has 86 valence electrons. The third kappa shape index (κ3) is 3.05. The second-order valence-electron chi connectivity index (χ2n) is 3.39. The molecule has 0 spiro atoms. The zero-order valence-corrected chi connectivity index (χ0v) is 9.30. The Morgan fingerprint density at radius 2 is 2.12 bits per heavy atom. The fourth-order valence-corrected chi connectivity index (χ4v) is 1.35. The minimum Gasteiger partial charge on any atom is -0.474 e. The topological polar surface area (TPSA) is 70.5 Å². The van der Waals surface area contributed by atoms with E-state index in [-0.39, 0.29) is 6.54 Å². The van der Waals surface area contributed by atoms with E-state index in [2.05, 4.69) is 4.98 Å². The van der Waals surface area contributed by atoms with Gasteiger partial charge in [-0.2, -0.15) is 0 Å². The Kier molecular flexibility index (Phi) is 3.99. The fraction of sp³-hybridized carbons (Fsp3) is 0.364. The lowest BCUT2D eigenvalue weighted by Gasteiger charge is -2.17. The van der Waals surface area contributed by atoms with Gasteiger partial charge in [-0.1, -0.05) is 6.07 Å². The van der Waals surface area contributed by atoms with Crippen molar-refractivity contribution >= 4 is 11.9 Å². The van der Waals surface area contributed by atoms with Crippen LogP contribution in [0.1, 0.15) is 18.3 Å². The minimum absolute atomic E-state index is 0.226. The van der Waals surface area contributed by atoms with Crippen molar-refractivity contribution in [3.05, 3.63) is 29.6 Å². The van der Waals surface area contributed by atoms with E-state index >= 15 is 0 Å². The molecule has 16 heavy (non-hydrogen) atoms. The number of carbonyl (C=O) groups excluding carboxylic acids is 1. The van der Waals surface area contributed by atoms with Crippen LogP contribution < -0.4 is 0 Å². The van der Waals surface area contributed by atoms with Gasteiger partial charge in [0.25, 0.3) is 0 Å². The highest BCUT2D eigenvalue weighted by atomic mass is 16.4. The number of aryl methyl sites for hydroxylation is 1. The second-order valence-corrected chi connectivity index (χ2v) is 3.39. The summed E-state index contributed by atoms with van der Waals surface area (Å²) in [7, 11) is 0. The monoisotopic (exact) mass is 222 g/mol. The molecule has 0 saturated heterocycles. The molecule has 0 aliphatic carbocycles. The molecule has 0 saturated carbocycles. The Hall–Kier alpha value is -1.91. The molecule has 1 rings (SSSR count). The van der Waals surface area contributed by atoms with Crippen molar-refractivity contribution in [3.63, 3.8) is 0 Å². The van der Waals surface area contributed by atoms with Gasteiger partial charge in [0, 0.05) is 12.2 Å². The first-order valence-corrected chi connectivity index (χ1v) is 4.99. The highest BCUT2D eigenvalue weighted by molar-refractivity contribution is 6.31. The van der Waals surface area contributed by atoms with E-state index < -0.39 is 11.9 Å². The third-order valence-corrected chi connectivity index (χ3v) is 2.15. The lowest BCUT2D eigenvalue weighted by atomic mass is 10.3. The number of amides is 1. The van der Waals surface area contributed by atoms with E-state index in [1.54, 1.807) is 13.0 Å². The van der Waals surface area contributed by atoms with Crippen molar-refractivity contribution in [2.45, 2.75) is 20.4 Å². The van der Waals surface area contributed by atoms with Crippen molar-refractivity contribution in [2.24, 2.45) is 0 Å². The molecule has 0 unspecified atom stereocenters. The molecular weight excluding hydrogens is 208 g/mol. The summed E-state index contributed by atoms with van der Waals surface area (Å²) in [6.07, 6.45) is 0. The van der Waals surface area contributed by atoms with E-state index in [4.69, 9.17) is 5.11 Å². The van der Waals surface area contributed by atoms with Gasteiger partial charge in [-0.25, -0.2) is 4.79 Å². The van der Waals surface area contributed by atoms with Crippen LogP contribution in [0.4, 0.5) is 0 Å². The van der Waals surface area contributed by atoms with Crippen LogP contribution in [0.5, 0.6) is 0 Å². The Balaban J connectivity index is 2.78. The fourth-order valence-electron chi connectivity index (χ4n) is 1.35. The van der Waals surface area contributed by atoms with Crippen molar-refractivity contribution in [2.75, 3.05) is 6.54 Å². The number of hydrogen-bond donors (Lipinski definition) is 1. The molecule has 0 fully saturated rings. The Labute approximate surface area is 93.7 Å². The number of nitrogens with zero attached hydrogens (tertiary/aromatic N) is 2. The molecule has 1 amide bonds. The predicted octanol–water partition coefficient (Wildman–Crippen LogP) is 0.823. The number of carboxylic acid groups (broad SMARTS) is 1. The lowest BCUT2D eigenvalue weighted by Crippen LogP contribution is -2.36. The average Bonchev–Trinajstić information content (AvgIpc) is 2.25. The smallest absolute Gasteiger partial charge is 0.394 e. The van der Waals surface area contributed by atoms with Gasteiger partial charge in [-0.3, -0.25) is 9.78 Å². The quantitative estimate of drug-likeness (QED) is 0.769. The van der Waals surface area contributed by atoms with Gasteiger partial charge in [0.15, 0.2) is 0 Å². The van der Waals surface area contributed by atoms with Crippen molar-refractivity contribution < 1.29 is 14.7 Å². The standard InChI is InChI=1S/C11H14N2O3/c1-3-13(10(14)11(15)16)7-9-6-4-5-8(2)12-9/h4-6H,3,7H2,1-2H3,(H,15,16). The van der Waals surface area contributed by atoms with Gasteiger partial charge in [0.2, 0.25) is 0 Å². The average molecular weight is 222 g/mol. The summed E-state index contributed by atoms with van der Waals surface area (Å²) in [4.78, 5) is 27.3. The second kappa shape index (κ2) is 5.25. The van der Waals surface area contributed by atoms with Gasteiger partial charge < -0.3 is 10.0 Å². The molecule has 0 aromatic carbocycles. The normalized spacial score (nSPS) is 9.88. The van der Waals surface area contributed by atoms with Crippen molar-refractivity contribution in [3.8, 4) is 0 Å². The summed E-state index contributed by atoms with van der Waals surface area (Å²) < 4.78 is 0. The Morgan fingerprint density at radius 3 is 2.62 bits per heavy atom. The zero-order valence-electron chi connectivity index (χ0n) is 9.30. The van der Waals surface area contributed by atoms with Crippen LogP contribution in [0.25, 0.3) is 0 Å².